The standard InChI is InChI=1S/C45H92O6S3/c1-21-45(20,33-42(14,15)47-25-23-38(6,7)50-43(16,17)31-40(10,11)48-26-28-52)35-54-29-27-49-41(12,13)32-44(18,19)51-37(4,5)22-24-46-39(8,9)30-36(2,3)34-53/h52-53H,21-35H2,1-20H3. The molecular weight excluding hydrogens is 733 g/mol. The second-order valence-corrected chi connectivity index (χ2v) is 24.0. The normalized spacial score (nSPS) is 15.9. The molecule has 9 heteroatoms. The summed E-state index contributed by atoms with van der Waals surface area (Å²) in [6.07, 6.45) is 6.32. The minimum Gasteiger partial charge on any atom is -0.375 e. The van der Waals surface area contributed by atoms with Gasteiger partial charge < -0.3 is 28.4 Å². The maximum atomic E-state index is 6.72. The number of hydrogen-bond acceptors (Lipinski definition) is 9. The molecule has 1 unspecified atom stereocenters. The molecule has 54 heavy (non-hydrogen) atoms. The van der Waals surface area contributed by atoms with Crippen molar-refractivity contribution in [2.24, 2.45) is 10.8 Å². The van der Waals surface area contributed by atoms with Crippen molar-refractivity contribution in [3.05, 3.63) is 0 Å². The van der Waals surface area contributed by atoms with Gasteiger partial charge in [-0.05, 0) is 165 Å². The summed E-state index contributed by atoms with van der Waals surface area (Å²) in [5.74, 6) is 3.59. The second kappa shape index (κ2) is 21.9. The molecule has 0 bridgehead atoms. The predicted molar refractivity (Wildman–Crippen MR) is 244 cm³/mol. The highest BCUT2D eigenvalue weighted by atomic mass is 32.2. The van der Waals surface area contributed by atoms with E-state index in [9.17, 15) is 0 Å². The van der Waals surface area contributed by atoms with Gasteiger partial charge in [0.1, 0.15) is 0 Å². The van der Waals surface area contributed by atoms with Crippen molar-refractivity contribution in [3.8, 4) is 0 Å². The Morgan fingerprint density at radius 3 is 1.19 bits per heavy atom. The average molecular weight is 825 g/mol. The highest BCUT2D eigenvalue weighted by molar-refractivity contribution is 7.99. The Hall–Kier alpha value is 0.810. The van der Waals surface area contributed by atoms with Crippen LogP contribution in [0.25, 0.3) is 0 Å². The summed E-state index contributed by atoms with van der Waals surface area (Å²) < 4.78 is 38.8. The Morgan fingerprint density at radius 2 is 0.796 bits per heavy atom. The van der Waals surface area contributed by atoms with Crippen molar-refractivity contribution in [1.82, 2.24) is 0 Å². The smallest absolute Gasteiger partial charge is 0.0661 e. The molecule has 1 atom stereocenters. The van der Waals surface area contributed by atoms with E-state index in [1.54, 1.807) is 0 Å². The van der Waals surface area contributed by atoms with Crippen LogP contribution in [0.3, 0.4) is 0 Å². The highest BCUT2D eigenvalue weighted by Crippen LogP contribution is 2.39. The van der Waals surface area contributed by atoms with Gasteiger partial charge in [0.25, 0.3) is 0 Å². The summed E-state index contributed by atoms with van der Waals surface area (Å²) in [4.78, 5) is 0. The molecule has 0 amide bonds. The van der Waals surface area contributed by atoms with Gasteiger partial charge >= 0.3 is 0 Å². The Bertz CT molecular complexity index is 1050. The molecule has 0 aromatic carbocycles. The van der Waals surface area contributed by atoms with Crippen LogP contribution in [0, 0.1) is 10.8 Å². The summed E-state index contributed by atoms with van der Waals surface area (Å²) in [5.41, 5.74) is -2.00. The van der Waals surface area contributed by atoms with Crippen LogP contribution >= 0.6 is 37.0 Å². The molecule has 0 aliphatic heterocycles. The topological polar surface area (TPSA) is 55.4 Å². The van der Waals surface area contributed by atoms with E-state index < -0.39 is 0 Å². The fourth-order valence-corrected chi connectivity index (χ4v) is 9.95. The fraction of sp³-hybridized carbons (Fsp3) is 1.00. The molecule has 6 nitrogen and oxygen atoms in total. The van der Waals surface area contributed by atoms with Crippen molar-refractivity contribution in [3.63, 3.8) is 0 Å². The third-order valence-corrected chi connectivity index (χ3v) is 12.4. The summed E-state index contributed by atoms with van der Waals surface area (Å²) in [5, 5.41) is 0. The lowest BCUT2D eigenvalue weighted by atomic mass is 9.79. The number of rotatable bonds is 31. The first-order valence-electron chi connectivity index (χ1n) is 20.8. The molecule has 0 aromatic heterocycles. The molecule has 0 N–H and O–H groups in total. The van der Waals surface area contributed by atoms with Gasteiger partial charge in [0, 0.05) is 24.3 Å². The Balaban J connectivity index is 4.86. The maximum absolute atomic E-state index is 6.72. The van der Waals surface area contributed by atoms with Gasteiger partial charge in [0.15, 0.2) is 0 Å². The molecule has 0 saturated heterocycles. The summed E-state index contributed by atoms with van der Waals surface area (Å²) in [6.45, 7) is 46.7. The first kappa shape index (κ1) is 54.8. The molecule has 0 aliphatic rings. The predicted octanol–water partition coefficient (Wildman–Crippen LogP) is 12.7. The van der Waals surface area contributed by atoms with E-state index in [4.69, 9.17) is 28.4 Å². The molecule has 0 aliphatic carbocycles. The van der Waals surface area contributed by atoms with Crippen molar-refractivity contribution in [2.75, 3.05) is 49.4 Å². The molecule has 326 valence electrons. The van der Waals surface area contributed by atoms with Gasteiger partial charge in [-0.1, -0.05) is 27.7 Å². The fourth-order valence-electron chi connectivity index (χ4n) is 8.60. The van der Waals surface area contributed by atoms with Crippen LogP contribution in [0.1, 0.15) is 183 Å². The number of hydrogen-bond donors (Lipinski definition) is 2. The number of thiol groups is 2. The largest absolute Gasteiger partial charge is 0.375 e. The van der Waals surface area contributed by atoms with E-state index in [-0.39, 0.29) is 55.6 Å². The van der Waals surface area contributed by atoms with Crippen LogP contribution in [0.4, 0.5) is 0 Å². The van der Waals surface area contributed by atoms with Gasteiger partial charge in [-0.25, -0.2) is 0 Å². The van der Waals surface area contributed by atoms with E-state index in [2.05, 4.69) is 164 Å². The summed E-state index contributed by atoms with van der Waals surface area (Å²) in [6, 6.07) is 0. The zero-order chi connectivity index (χ0) is 42.6. The Labute approximate surface area is 352 Å². The molecule has 0 radical (unpaired) electrons. The quantitative estimate of drug-likeness (QED) is 0.0533. The van der Waals surface area contributed by atoms with Crippen LogP contribution < -0.4 is 0 Å². The zero-order valence-corrected chi connectivity index (χ0v) is 42.0. The Morgan fingerprint density at radius 1 is 0.426 bits per heavy atom. The van der Waals surface area contributed by atoms with Gasteiger partial charge in [-0.2, -0.15) is 37.0 Å². The number of ether oxygens (including phenoxy) is 6. The first-order valence-corrected chi connectivity index (χ1v) is 23.2. The SMILES string of the molecule is CCC(C)(CSCCOC(C)(C)CC(C)(C)OC(C)(C)CCOC(C)(C)CC(C)(C)CS)CC(C)(C)OCCC(C)(C)OC(C)(C)CC(C)(C)OCCS. The van der Waals surface area contributed by atoms with Gasteiger partial charge in [0.2, 0.25) is 0 Å². The van der Waals surface area contributed by atoms with Crippen molar-refractivity contribution in [1.29, 1.82) is 0 Å². The minimum absolute atomic E-state index is 0.138. The number of thioether (sulfide) groups is 1. The summed E-state index contributed by atoms with van der Waals surface area (Å²) >= 11 is 10.8. The van der Waals surface area contributed by atoms with E-state index in [0.717, 1.165) is 62.2 Å². The Kier molecular flexibility index (Phi) is 22.2. The monoisotopic (exact) mass is 825 g/mol. The molecule has 0 aromatic rings. The van der Waals surface area contributed by atoms with E-state index >= 15 is 0 Å². The van der Waals surface area contributed by atoms with Crippen LogP contribution in [0.2, 0.25) is 0 Å². The van der Waals surface area contributed by atoms with Crippen molar-refractivity contribution < 1.29 is 28.4 Å². The molecule has 0 heterocycles. The van der Waals surface area contributed by atoms with Gasteiger partial charge in [0.05, 0.1) is 71.2 Å². The lowest BCUT2D eigenvalue weighted by molar-refractivity contribution is -0.168. The molecular formula is C45H92O6S3. The molecule has 0 fully saturated rings. The highest BCUT2D eigenvalue weighted by Gasteiger charge is 2.38. The third-order valence-electron chi connectivity index (χ3n) is 10.00. The first-order chi connectivity index (χ1) is 24.0. The van der Waals surface area contributed by atoms with Crippen LogP contribution in [-0.4, -0.2) is 94.2 Å². The maximum Gasteiger partial charge on any atom is 0.0661 e. The molecule has 0 spiro atoms. The van der Waals surface area contributed by atoms with Crippen LogP contribution in [-0.2, 0) is 28.4 Å². The van der Waals surface area contributed by atoms with Gasteiger partial charge in [-0.15, -0.1) is 0 Å². The van der Waals surface area contributed by atoms with E-state index in [1.807, 2.05) is 11.8 Å². The zero-order valence-electron chi connectivity index (χ0n) is 39.4. The molecule has 0 rings (SSSR count). The average Bonchev–Trinajstić information content (AvgIpc) is 2.91. The van der Waals surface area contributed by atoms with E-state index in [1.165, 1.54) is 0 Å². The van der Waals surface area contributed by atoms with Crippen molar-refractivity contribution in [2.45, 2.75) is 228 Å². The molecule has 0 saturated carbocycles. The van der Waals surface area contributed by atoms with E-state index in [0.29, 0.717) is 32.2 Å². The second-order valence-electron chi connectivity index (χ2n) is 22.1. The lowest BCUT2D eigenvalue weighted by Crippen LogP contribution is -2.44. The third kappa shape index (κ3) is 26.0. The minimum atomic E-state index is -0.342. The van der Waals surface area contributed by atoms with Crippen LogP contribution in [0.5, 0.6) is 0 Å². The van der Waals surface area contributed by atoms with Crippen molar-refractivity contribution >= 4 is 37.0 Å². The van der Waals surface area contributed by atoms with Crippen LogP contribution in [0.15, 0.2) is 0 Å². The van der Waals surface area contributed by atoms with Gasteiger partial charge in [-0.3, -0.25) is 0 Å². The summed E-state index contributed by atoms with van der Waals surface area (Å²) in [7, 11) is 0. The lowest BCUT2D eigenvalue weighted by Gasteiger charge is -2.41.